The molecule has 0 aliphatic heterocycles. The number of anilines is 1. The molecule has 2 N–H and O–H groups in total. The van der Waals surface area contributed by atoms with Crippen LogP contribution in [-0.2, 0) is 14.8 Å². The molecular weight excluding hydrogens is 347 g/mol. The first-order chi connectivity index (χ1) is 11.9. The van der Waals surface area contributed by atoms with E-state index in [0.29, 0.717) is 24.9 Å². The van der Waals surface area contributed by atoms with Gasteiger partial charge in [-0.05, 0) is 49.9 Å². The number of ether oxygens (including phenoxy) is 1. The Bertz CT molecular complexity index is 664. The van der Waals surface area contributed by atoms with E-state index in [1.54, 1.807) is 0 Å². The maximum Gasteiger partial charge on any atom is 0.411 e. The molecule has 1 amide bonds. The van der Waals surface area contributed by atoms with E-state index in [1.165, 1.54) is 24.3 Å². The summed E-state index contributed by atoms with van der Waals surface area (Å²) in [5, 5.41) is 2.54. The number of unbranched alkanes of at least 4 members (excludes halogenated alkanes) is 1. The molecule has 0 aromatic heterocycles. The molecule has 0 radical (unpaired) electrons. The average molecular weight is 372 g/mol. The lowest BCUT2D eigenvalue weighted by Gasteiger charge is -2.29. The topological polar surface area (TPSA) is 84.5 Å². The number of amides is 1. The van der Waals surface area contributed by atoms with Crippen molar-refractivity contribution in [2.45, 2.75) is 57.6 Å². The van der Waals surface area contributed by atoms with Gasteiger partial charge in [-0.1, -0.05) is 13.3 Å². The number of hydrogen-bond acceptors (Lipinski definition) is 4. The first kappa shape index (κ1) is 19.7. The van der Waals surface area contributed by atoms with Gasteiger partial charge >= 0.3 is 6.09 Å². The standard InChI is InChI=1S/C17H25FN2O4S/c1-2-3-11-25(22,23)20-15-5-4-6-16(12-15)24-17(21)19-14-9-7-13(18)8-10-14/h7-10,15-16,20H,2-6,11-12H2,1H3,(H,19,21). The lowest BCUT2D eigenvalue weighted by molar-refractivity contribution is 0.0793. The smallest absolute Gasteiger partial charge is 0.411 e. The molecule has 25 heavy (non-hydrogen) atoms. The van der Waals surface area contributed by atoms with Crippen LogP contribution in [0.15, 0.2) is 24.3 Å². The molecule has 1 saturated carbocycles. The highest BCUT2D eigenvalue weighted by atomic mass is 32.2. The van der Waals surface area contributed by atoms with Gasteiger partial charge in [-0.15, -0.1) is 0 Å². The third-order valence-electron chi connectivity index (χ3n) is 4.10. The number of carbonyl (C=O) groups is 1. The van der Waals surface area contributed by atoms with Crippen LogP contribution >= 0.6 is 0 Å². The van der Waals surface area contributed by atoms with Gasteiger partial charge in [0.15, 0.2) is 0 Å². The Labute approximate surface area is 148 Å². The van der Waals surface area contributed by atoms with Crippen molar-refractivity contribution in [3.8, 4) is 0 Å². The second kappa shape index (κ2) is 9.15. The Kier molecular flexibility index (Phi) is 7.19. The van der Waals surface area contributed by atoms with Gasteiger partial charge in [-0.3, -0.25) is 5.32 Å². The summed E-state index contributed by atoms with van der Waals surface area (Å²) in [6.45, 7) is 1.94. The lowest BCUT2D eigenvalue weighted by Crippen LogP contribution is -2.42. The molecule has 0 saturated heterocycles. The van der Waals surface area contributed by atoms with Gasteiger partial charge in [0.05, 0.1) is 5.75 Å². The Balaban J connectivity index is 1.82. The molecular formula is C17H25FN2O4S. The molecule has 1 aliphatic rings. The molecule has 8 heteroatoms. The Hall–Kier alpha value is -1.67. The first-order valence-corrected chi connectivity index (χ1v) is 10.3. The summed E-state index contributed by atoms with van der Waals surface area (Å²) in [5.41, 5.74) is 0.444. The number of hydrogen-bond donors (Lipinski definition) is 2. The summed E-state index contributed by atoms with van der Waals surface area (Å²) in [6.07, 6.45) is 3.18. The van der Waals surface area contributed by atoms with E-state index in [2.05, 4.69) is 10.0 Å². The molecule has 2 rings (SSSR count). The Morgan fingerprint density at radius 1 is 1.28 bits per heavy atom. The molecule has 1 fully saturated rings. The Morgan fingerprint density at radius 2 is 2.00 bits per heavy atom. The fourth-order valence-corrected chi connectivity index (χ4v) is 4.35. The molecule has 2 atom stereocenters. The summed E-state index contributed by atoms with van der Waals surface area (Å²) in [6, 6.07) is 5.18. The maximum absolute atomic E-state index is 12.9. The van der Waals surface area contributed by atoms with E-state index in [1.807, 2.05) is 6.92 Å². The normalized spacial score (nSPS) is 20.9. The van der Waals surface area contributed by atoms with Crippen molar-refractivity contribution in [2.75, 3.05) is 11.1 Å². The van der Waals surface area contributed by atoms with E-state index in [0.717, 1.165) is 19.3 Å². The SMILES string of the molecule is CCCCS(=O)(=O)NC1CCCC(OC(=O)Nc2ccc(F)cc2)C1. The summed E-state index contributed by atoms with van der Waals surface area (Å²) in [5.74, 6) is -0.263. The van der Waals surface area contributed by atoms with Gasteiger partial charge < -0.3 is 4.74 Å². The van der Waals surface area contributed by atoms with Crippen LogP contribution < -0.4 is 10.0 Å². The highest BCUT2D eigenvalue weighted by Gasteiger charge is 2.27. The Morgan fingerprint density at radius 3 is 2.68 bits per heavy atom. The minimum absolute atomic E-state index is 0.122. The minimum atomic E-state index is -3.29. The summed E-state index contributed by atoms with van der Waals surface area (Å²) < 4.78 is 44.9. The van der Waals surface area contributed by atoms with Gasteiger partial charge in [0, 0.05) is 18.2 Å². The zero-order valence-corrected chi connectivity index (χ0v) is 15.1. The van der Waals surface area contributed by atoms with Crippen LogP contribution in [-0.4, -0.2) is 32.4 Å². The summed E-state index contributed by atoms with van der Waals surface area (Å²) in [4.78, 5) is 11.9. The predicted molar refractivity (Wildman–Crippen MR) is 94.4 cm³/mol. The molecule has 0 heterocycles. The third-order valence-corrected chi connectivity index (χ3v) is 5.62. The van der Waals surface area contributed by atoms with Crippen molar-refractivity contribution < 1.29 is 22.3 Å². The van der Waals surface area contributed by atoms with Crippen LogP contribution in [0.5, 0.6) is 0 Å². The molecule has 6 nitrogen and oxygen atoms in total. The van der Waals surface area contributed by atoms with E-state index in [-0.39, 0.29) is 23.7 Å². The number of halogens is 1. The molecule has 1 aromatic carbocycles. The van der Waals surface area contributed by atoms with Gasteiger partial charge in [-0.2, -0.15) is 0 Å². The second-order valence-corrected chi connectivity index (χ2v) is 8.19. The van der Waals surface area contributed by atoms with Crippen LogP contribution in [0.4, 0.5) is 14.9 Å². The van der Waals surface area contributed by atoms with Crippen molar-refractivity contribution in [2.24, 2.45) is 0 Å². The zero-order valence-electron chi connectivity index (χ0n) is 14.3. The molecule has 1 aromatic rings. The van der Waals surface area contributed by atoms with Crippen LogP contribution in [0.3, 0.4) is 0 Å². The largest absolute Gasteiger partial charge is 0.446 e. The molecule has 140 valence electrons. The van der Waals surface area contributed by atoms with E-state index >= 15 is 0 Å². The van der Waals surface area contributed by atoms with Gasteiger partial charge in [-0.25, -0.2) is 22.3 Å². The highest BCUT2D eigenvalue weighted by molar-refractivity contribution is 7.89. The third kappa shape index (κ3) is 6.99. The van der Waals surface area contributed by atoms with Crippen LogP contribution in [0.25, 0.3) is 0 Å². The quantitative estimate of drug-likeness (QED) is 0.768. The van der Waals surface area contributed by atoms with Gasteiger partial charge in [0.2, 0.25) is 10.0 Å². The fraction of sp³-hybridized carbons (Fsp3) is 0.588. The van der Waals surface area contributed by atoms with E-state index in [4.69, 9.17) is 4.74 Å². The predicted octanol–water partition coefficient (Wildman–Crippen LogP) is 3.40. The summed E-state index contributed by atoms with van der Waals surface area (Å²) in [7, 11) is -3.29. The number of benzene rings is 1. The van der Waals surface area contributed by atoms with Crippen molar-refractivity contribution >= 4 is 21.8 Å². The van der Waals surface area contributed by atoms with Crippen LogP contribution in [0.1, 0.15) is 45.4 Å². The van der Waals surface area contributed by atoms with E-state index in [9.17, 15) is 17.6 Å². The molecule has 2 unspecified atom stereocenters. The molecule has 1 aliphatic carbocycles. The van der Waals surface area contributed by atoms with Gasteiger partial charge in [0.1, 0.15) is 11.9 Å². The molecule has 0 spiro atoms. The van der Waals surface area contributed by atoms with Crippen molar-refractivity contribution in [1.82, 2.24) is 4.72 Å². The first-order valence-electron chi connectivity index (χ1n) is 8.61. The van der Waals surface area contributed by atoms with Crippen molar-refractivity contribution in [1.29, 1.82) is 0 Å². The van der Waals surface area contributed by atoms with Crippen molar-refractivity contribution in [3.05, 3.63) is 30.1 Å². The monoisotopic (exact) mass is 372 g/mol. The minimum Gasteiger partial charge on any atom is -0.446 e. The highest BCUT2D eigenvalue weighted by Crippen LogP contribution is 2.22. The fourth-order valence-electron chi connectivity index (χ4n) is 2.84. The molecule has 0 bridgehead atoms. The van der Waals surface area contributed by atoms with Crippen molar-refractivity contribution in [3.63, 3.8) is 0 Å². The second-order valence-electron chi connectivity index (χ2n) is 6.31. The summed E-state index contributed by atoms with van der Waals surface area (Å²) >= 11 is 0. The van der Waals surface area contributed by atoms with E-state index < -0.39 is 16.1 Å². The number of carbonyl (C=O) groups excluding carboxylic acids is 1. The van der Waals surface area contributed by atoms with Crippen LogP contribution in [0.2, 0.25) is 0 Å². The van der Waals surface area contributed by atoms with Gasteiger partial charge in [0.25, 0.3) is 0 Å². The zero-order chi connectivity index (χ0) is 18.3. The maximum atomic E-state index is 12.9. The van der Waals surface area contributed by atoms with Crippen LogP contribution in [0, 0.1) is 5.82 Å². The number of sulfonamides is 1. The number of nitrogens with one attached hydrogen (secondary N) is 2. The average Bonchev–Trinajstić information content (AvgIpc) is 2.55. The lowest BCUT2D eigenvalue weighted by atomic mass is 9.94. The number of rotatable bonds is 7.